The molecule has 0 aliphatic heterocycles. The Hall–Kier alpha value is -1.17. The van der Waals surface area contributed by atoms with E-state index < -0.39 is 0 Å². The molecular formula is C11H16BrN3O2. The van der Waals surface area contributed by atoms with Crippen LogP contribution in [-0.2, 0) is 9.53 Å². The van der Waals surface area contributed by atoms with Gasteiger partial charge in [0.15, 0.2) is 0 Å². The molecule has 0 fully saturated rings. The van der Waals surface area contributed by atoms with Gasteiger partial charge in [-0.05, 0) is 22.9 Å². The quantitative estimate of drug-likeness (QED) is 0.668. The lowest BCUT2D eigenvalue weighted by Crippen LogP contribution is -2.17. The van der Waals surface area contributed by atoms with Gasteiger partial charge in [-0.1, -0.05) is 13.8 Å². The van der Waals surface area contributed by atoms with Crippen molar-refractivity contribution in [3.63, 3.8) is 0 Å². The SMILES string of the molecule is CCOC(=O)CNc1cc(Br)nc(C(C)C)n1. The molecule has 94 valence electrons. The summed E-state index contributed by atoms with van der Waals surface area (Å²) in [5.41, 5.74) is 0. The number of aromatic nitrogens is 2. The second kappa shape index (κ2) is 6.54. The number of carbonyl (C=O) groups is 1. The van der Waals surface area contributed by atoms with Crippen molar-refractivity contribution >= 4 is 27.7 Å². The maximum Gasteiger partial charge on any atom is 0.325 e. The first-order valence-electron chi connectivity index (χ1n) is 5.47. The van der Waals surface area contributed by atoms with Gasteiger partial charge in [0.2, 0.25) is 0 Å². The standard InChI is InChI=1S/C11H16BrN3O2/c1-4-17-10(16)6-13-9-5-8(12)14-11(15-9)7(2)3/h5,7H,4,6H2,1-3H3,(H,13,14,15). The van der Waals surface area contributed by atoms with Crippen molar-refractivity contribution in [1.29, 1.82) is 0 Å². The molecule has 0 saturated heterocycles. The van der Waals surface area contributed by atoms with Gasteiger partial charge in [-0.2, -0.15) is 0 Å². The van der Waals surface area contributed by atoms with Gasteiger partial charge in [0, 0.05) is 12.0 Å². The fraction of sp³-hybridized carbons (Fsp3) is 0.545. The lowest BCUT2D eigenvalue weighted by atomic mass is 10.2. The molecule has 0 aliphatic carbocycles. The highest BCUT2D eigenvalue weighted by molar-refractivity contribution is 9.10. The van der Waals surface area contributed by atoms with Crippen LogP contribution >= 0.6 is 15.9 Å². The summed E-state index contributed by atoms with van der Waals surface area (Å²) in [7, 11) is 0. The van der Waals surface area contributed by atoms with Crippen LogP contribution in [0.15, 0.2) is 10.7 Å². The Labute approximate surface area is 109 Å². The van der Waals surface area contributed by atoms with Crippen LogP contribution in [0.5, 0.6) is 0 Å². The van der Waals surface area contributed by atoms with E-state index in [1.807, 2.05) is 13.8 Å². The zero-order valence-corrected chi connectivity index (χ0v) is 11.7. The minimum Gasteiger partial charge on any atom is -0.465 e. The first-order chi connectivity index (χ1) is 8.02. The number of nitrogens with one attached hydrogen (secondary N) is 1. The summed E-state index contributed by atoms with van der Waals surface area (Å²) >= 11 is 3.31. The zero-order valence-electron chi connectivity index (χ0n) is 10.2. The molecule has 1 heterocycles. The number of halogens is 1. The number of hydrogen-bond donors (Lipinski definition) is 1. The highest BCUT2D eigenvalue weighted by atomic mass is 79.9. The topological polar surface area (TPSA) is 64.1 Å². The minimum absolute atomic E-state index is 0.106. The lowest BCUT2D eigenvalue weighted by molar-refractivity contribution is -0.140. The largest absolute Gasteiger partial charge is 0.465 e. The summed E-state index contributed by atoms with van der Waals surface area (Å²) < 4.78 is 5.51. The molecule has 1 rings (SSSR count). The number of hydrogen-bond acceptors (Lipinski definition) is 5. The summed E-state index contributed by atoms with van der Waals surface area (Å²) in [6, 6.07) is 1.73. The number of anilines is 1. The Balaban J connectivity index is 2.68. The molecule has 5 nitrogen and oxygen atoms in total. The van der Waals surface area contributed by atoms with E-state index >= 15 is 0 Å². The van der Waals surface area contributed by atoms with E-state index in [1.165, 1.54) is 0 Å². The second-order valence-corrected chi connectivity index (χ2v) is 4.56. The molecule has 0 unspecified atom stereocenters. The van der Waals surface area contributed by atoms with Crippen LogP contribution in [0.4, 0.5) is 5.82 Å². The fourth-order valence-corrected chi connectivity index (χ4v) is 1.56. The van der Waals surface area contributed by atoms with Gasteiger partial charge in [-0.25, -0.2) is 9.97 Å². The summed E-state index contributed by atoms with van der Waals surface area (Å²) in [5, 5.41) is 2.91. The maximum absolute atomic E-state index is 11.2. The lowest BCUT2D eigenvalue weighted by Gasteiger charge is -2.09. The summed E-state index contributed by atoms with van der Waals surface area (Å²) in [4.78, 5) is 19.7. The third-order valence-electron chi connectivity index (χ3n) is 1.95. The summed E-state index contributed by atoms with van der Waals surface area (Å²) in [6.07, 6.45) is 0. The van der Waals surface area contributed by atoms with Crippen LogP contribution in [0.2, 0.25) is 0 Å². The molecule has 0 aliphatic rings. The fourth-order valence-electron chi connectivity index (χ4n) is 1.16. The van der Waals surface area contributed by atoms with Crippen molar-refractivity contribution in [1.82, 2.24) is 9.97 Å². The number of carbonyl (C=O) groups excluding carboxylic acids is 1. The molecule has 6 heteroatoms. The van der Waals surface area contributed by atoms with Crippen molar-refractivity contribution in [2.24, 2.45) is 0 Å². The van der Waals surface area contributed by atoms with Gasteiger partial charge >= 0.3 is 5.97 Å². The average molecular weight is 302 g/mol. The number of nitrogens with zero attached hydrogens (tertiary/aromatic N) is 2. The number of ether oxygens (including phenoxy) is 1. The molecule has 1 aromatic rings. The monoisotopic (exact) mass is 301 g/mol. The van der Waals surface area contributed by atoms with Crippen molar-refractivity contribution in [2.75, 3.05) is 18.5 Å². The average Bonchev–Trinajstić information content (AvgIpc) is 2.26. The van der Waals surface area contributed by atoms with Crippen molar-refractivity contribution < 1.29 is 9.53 Å². The van der Waals surface area contributed by atoms with Gasteiger partial charge in [0.1, 0.15) is 22.8 Å². The van der Waals surface area contributed by atoms with E-state index in [0.717, 1.165) is 5.82 Å². The van der Waals surface area contributed by atoms with Crippen LogP contribution in [-0.4, -0.2) is 29.1 Å². The Morgan fingerprint density at radius 1 is 1.53 bits per heavy atom. The highest BCUT2D eigenvalue weighted by Gasteiger charge is 2.08. The van der Waals surface area contributed by atoms with Gasteiger partial charge in [-0.15, -0.1) is 0 Å². The van der Waals surface area contributed by atoms with Gasteiger partial charge < -0.3 is 10.1 Å². The molecule has 0 spiro atoms. The van der Waals surface area contributed by atoms with Gasteiger partial charge in [0.05, 0.1) is 6.61 Å². The summed E-state index contributed by atoms with van der Waals surface area (Å²) in [5.74, 6) is 1.28. The second-order valence-electron chi connectivity index (χ2n) is 3.75. The molecule has 0 aromatic carbocycles. The van der Waals surface area contributed by atoms with Crippen molar-refractivity contribution in [3.8, 4) is 0 Å². The van der Waals surface area contributed by atoms with E-state index in [2.05, 4.69) is 31.2 Å². The van der Waals surface area contributed by atoms with Crippen molar-refractivity contribution in [3.05, 3.63) is 16.5 Å². The Bertz CT molecular complexity index is 396. The molecule has 1 aromatic heterocycles. The van der Waals surface area contributed by atoms with E-state index in [9.17, 15) is 4.79 Å². The smallest absolute Gasteiger partial charge is 0.325 e. The number of rotatable bonds is 5. The Morgan fingerprint density at radius 3 is 2.82 bits per heavy atom. The zero-order chi connectivity index (χ0) is 12.8. The highest BCUT2D eigenvalue weighted by Crippen LogP contribution is 2.17. The van der Waals surface area contributed by atoms with Crippen LogP contribution in [0, 0.1) is 0 Å². The maximum atomic E-state index is 11.2. The van der Waals surface area contributed by atoms with Crippen LogP contribution in [0.3, 0.4) is 0 Å². The van der Waals surface area contributed by atoms with Crippen molar-refractivity contribution in [2.45, 2.75) is 26.7 Å². The normalized spacial score (nSPS) is 10.4. The minimum atomic E-state index is -0.298. The Kier molecular flexibility index (Phi) is 5.34. The molecule has 0 bridgehead atoms. The molecular weight excluding hydrogens is 286 g/mol. The molecule has 17 heavy (non-hydrogen) atoms. The van der Waals surface area contributed by atoms with E-state index in [0.29, 0.717) is 17.0 Å². The molecule has 0 saturated carbocycles. The van der Waals surface area contributed by atoms with Crippen LogP contribution < -0.4 is 5.32 Å². The molecule has 1 N–H and O–H groups in total. The first-order valence-corrected chi connectivity index (χ1v) is 6.26. The number of esters is 1. The third kappa shape index (κ3) is 4.68. The molecule has 0 radical (unpaired) electrons. The van der Waals surface area contributed by atoms with E-state index in [-0.39, 0.29) is 18.4 Å². The van der Waals surface area contributed by atoms with Gasteiger partial charge in [0.25, 0.3) is 0 Å². The Morgan fingerprint density at radius 2 is 2.24 bits per heavy atom. The predicted molar refractivity (Wildman–Crippen MR) is 68.9 cm³/mol. The van der Waals surface area contributed by atoms with E-state index in [4.69, 9.17) is 4.74 Å². The van der Waals surface area contributed by atoms with E-state index in [1.54, 1.807) is 13.0 Å². The molecule has 0 amide bonds. The predicted octanol–water partition coefficient (Wildman–Crippen LogP) is 2.34. The summed E-state index contributed by atoms with van der Waals surface area (Å²) in [6.45, 7) is 6.28. The third-order valence-corrected chi connectivity index (χ3v) is 2.35. The first kappa shape index (κ1) is 13.9. The van der Waals surface area contributed by atoms with Crippen LogP contribution in [0.25, 0.3) is 0 Å². The van der Waals surface area contributed by atoms with Crippen LogP contribution in [0.1, 0.15) is 32.5 Å². The molecule has 0 atom stereocenters. The van der Waals surface area contributed by atoms with Gasteiger partial charge in [-0.3, -0.25) is 4.79 Å².